The molecule has 0 amide bonds. The standard InChI is InChI=1S/C16H16N2O3/c1-20-14-8-13(9-15(21-2)16(14)19)11-18-17-10-12-6-4-3-5-7-12/h3-11,19H,1-2H3. The first-order chi connectivity index (χ1) is 10.2. The summed E-state index contributed by atoms with van der Waals surface area (Å²) in [6.07, 6.45) is 3.22. The number of benzene rings is 2. The average Bonchev–Trinajstić information content (AvgIpc) is 2.53. The fourth-order valence-electron chi connectivity index (χ4n) is 1.73. The van der Waals surface area contributed by atoms with Gasteiger partial charge in [0.25, 0.3) is 0 Å². The summed E-state index contributed by atoms with van der Waals surface area (Å²) in [5, 5.41) is 17.7. The third-order valence-corrected chi connectivity index (χ3v) is 2.78. The molecule has 5 heteroatoms. The van der Waals surface area contributed by atoms with Crippen molar-refractivity contribution in [2.45, 2.75) is 0 Å². The number of rotatable bonds is 5. The van der Waals surface area contributed by atoms with Crippen molar-refractivity contribution < 1.29 is 14.6 Å². The lowest BCUT2D eigenvalue weighted by molar-refractivity contribution is 0.340. The SMILES string of the molecule is COc1cc(C=NN=Cc2ccccc2)cc(OC)c1O. The highest BCUT2D eigenvalue weighted by Crippen LogP contribution is 2.36. The van der Waals surface area contributed by atoms with Crippen molar-refractivity contribution in [3.05, 3.63) is 53.6 Å². The zero-order valence-electron chi connectivity index (χ0n) is 11.9. The molecule has 0 fully saturated rings. The van der Waals surface area contributed by atoms with E-state index in [1.165, 1.54) is 14.2 Å². The van der Waals surface area contributed by atoms with Crippen molar-refractivity contribution in [2.24, 2.45) is 10.2 Å². The van der Waals surface area contributed by atoms with Crippen LogP contribution in [0.2, 0.25) is 0 Å². The van der Waals surface area contributed by atoms with Crippen molar-refractivity contribution in [1.29, 1.82) is 0 Å². The summed E-state index contributed by atoms with van der Waals surface area (Å²) < 4.78 is 10.1. The van der Waals surface area contributed by atoms with Crippen molar-refractivity contribution in [3.63, 3.8) is 0 Å². The van der Waals surface area contributed by atoms with E-state index in [-0.39, 0.29) is 5.75 Å². The number of phenolic OH excluding ortho intramolecular Hbond substituents is 1. The van der Waals surface area contributed by atoms with Gasteiger partial charge in [0.15, 0.2) is 11.5 Å². The van der Waals surface area contributed by atoms with E-state index in [4.69, 9.17) is 9.47 Å². The van der Waals surface area contributed by atoms with Gasteiger partial charge < -0.3 is 14.6 Å². The van der Waals surface area contributed by atoms with Crippen molar-refractivity contribution in [1.82, 2.24) is 0 Å². The van der Waals surface area contributed by atoms with E-state index in [2.05, 4.69) is 10.2 Å². The number of phenols is 1. The molecule has 0 atom stereocenters. The lowest BCUT2D eigenvalue weighted by Crippen LogP contribution is -1.92. The Morgan fingerprint density at radius 2 is 1.38 bits per heavy atom. The zero-order chi connectivity index (χ0) is 15.1. The highest BCUT2D eigenvalue weighted by atomic mass is 16.5. The minimum atomic E-state index is -0.0371. The molecule has 0 radical (unpaired) electrons. The first-order valence-corrected chi connectivity index (χ1v) is 6.31. The van der Waals surface area contributed by atoms with Gasteiger partial charge >= 0.3 is 0 Å². The van der Waals surface area contributed by atoms with Gasteiger partial charge in [0.2, 0.25) is 5.75 Å². The van der Waals surface area contributed by atoms with Gasteiger partial charge in [0.05, 0.1) is 26.6 Å². The van der Waals surface area contributed by atoms with E-state index in [0.717, 1.165) is 5.56 Å². The van der Waals surface area contributed by atoms with Crippen LogP contribution in [0.15, 0.2) is 52.7 Å². The molecule has 2 aromatic rings. The first-order valence-electron chi connectivity index (χ1n) is 6.31. The fraction of sp³-hybridized carbons (Fsp3) is 0.125. The summed E-state index contributed by atoms with van der Waals surface area (Å²) in [7, 11) is 2.95. The third-order valence-electron chi connectivity index (χ3n) is 2.78. The maximum Gasteiger partial charge on any atom is 0.200 e. The van der Waals surface area contributed by atoms with E-state index in [1.54, 1.807) is 24.6 Å². The van der Waals surface area contributed by atoms with Crippen LogP contribution < -0.4 is 9.47 Å². The van der Waals surface area contributed by atoms with E-state index >= 15 is 0 Å². The van der Waals surface area contributed by atoms with Gasteiger partial charge in [-0.05, 0) is 17.7 Å². The van der Waals surface area contributed by atoms with Crippen molar-refractivity contribution >= 4 is 12.4 Å². The fourth-order valence-corrected chi connectivity index (χ4v) is 1.73. The van der Waals surface area contributed by atoms with E-state index in [1.807, 2.05) is 30.3 Å². The first kappa shape index (κ1) is 14.6. The second-order valence-electron chi connectivity index (χ2n) is 4.17. The Morgan fingerprint density at radius 3 is 1.90 bits per heavy atom. The number of methoxy groups -OCH3 is 2. The van der Waals surface area contributed by atoms with Crippen LogP contribution >= 0.6 is 0 Å². The minimum Gasteiger partial charge on any atom is -0.502 e. The molecule has 5 nitrogen and oxygen atoms in total. The number of nitrogens with zero attached hydrogens (tertiary/aromatic N) is 2. The Morgan fingerprint density at radius 1 is 0.857 bits per heavy atom. The third kappa shape index (κ3) is 3.82. The van der Waals surface area contributed by atoms with Crippen molar-refractivity contribution in [2.75, 3.05) is 14.2 Å². The lowest BCUT2D eigenvalue weighted by atomic mass is 10.2. The Kier molecular flexibility index (Phi) is 4.93. The summed E-state index contributed by atoms with van der Waals surface area (Å²) >= 11 is 0. The van der Waals surface area contributed by atoms with E-state index < -0.39 is 0 Å². The molecule has 0 spiro atoms. The van der Waals surface area contributed by atoms with Crippen LogP contribution in [0.25, 0.3) is 0 Å². The van der Waals surface area contributed by atoms with Crippen LogP contribution in [0.4, 0.5) is 0 Å². The molecule has 0 aromatic heterocycles. The molecule has 21 heavy (non-hydrogen) atoms. The number of aromatic hydroxyl groups is 1. The summed E-state index contributed by atoms with van der Waals surface area (Å²) in [5.41, 5.74) is 1.68. The van der Waals surface area contributed by atoms with Crippen LogP contribution in [0.5, 0.6) is 17.2 Å². The Balaban J connectivity index is 2.15. The molecule has 0 unspecified atom stereocenters. The Bertz CT molecular complexity index is 627. The van der Waals surface area contributed by atoms with E-state index in [9.17, 15) is 5.11 Å². The number of hydrogen-bond acceptors (Lipinski definition) is 5. The Labute approximate surface area is 123 Å². The predicted molar refractivity (Wildman–Crippen MR) is 82.8 cm³/mol. The predicted octanol–water partition coefficient (Wildman–Crippen LogP) is 2.86. The van der Waals surface area contributed by atoms with Crippen LogP contribution in [-0.2, 0) is 0 Å². The molecule has 0 bridgehead atoms. The number of hydrogen-bond donors (Lipinski definition) is 1. The molecule has 0 saturated heterocycles. The topological polar surface area (TPSA) is 63.4 Å². The van der Waals surface area contributed by atoms with Crippen LogP contribution in [0, 0.1) is 0 Å². The van der Waals surface area contributed by atoms with Gasteiger partial charge in [-0.1, -0.05) is 30.3 Å². The monoisotopic (exact) mass is 284 g/mol. The molecule has 0 saturated carbocycles. The van der Waals surface area contributed by atoms with Crippen LogP contribution in [-0.4, -0.2) is 31.8 Å². The van der Waals surface area contributed by atoms with Crippen LogP contribution in [0.1, 0.15) is 11.1 Å². The zero-order valence-corrected chi connectivity index (χ0v) is 11.9. The summed E-state index contributed by atoms with van der Waals surface area (Å²) in [6, 6.07) is 13.0. The summed E-state index contributed by atoms with van der Waals surface area (Å²) in [5.74, 6) is 0.607. The molecule has 0 aliphatic rings. The largest absolute Gasteiger partial charge is 0.502 e. The normalized spacial score (nSPS) is 11.1. The van der Waals surface area contributed by atoms with Crippen molar-refractivity contribution in [3.8, 4) is 17.2 Å². The second-order valence-corrected chi connectivity index (χ2v) is 4.17. The molecule has 1 N–H and O–H groups in total. The molecule has 0 aliphatic carbocycles. The van der Waals surface area contributed by atoms with Gasteiger partial charge in [0, 0.05) is 5.56 Å². The quantitative estimate of drug-likeness (QED) is 0.678. The van der Waals surface area contributed by atoms with Crippen LogP contribution in [0.3, 0.4) is 0 Å². The minimum absolute atomic E-state index is 0.0371. The average molecular weight is 284 g/mol. The summed E-state index contributed by atoms with van der Waals surface area (Å²) in [4.78, 5) is 0. The molecule has 2 aromatic carbocycles. The smallest absolute Gasteiger partial charge is 0.200 e. The van der Waals surface area contributed by atoms with Gasteiger partial charge in [-0.15, -0.1) is 0 Å². The molecule has 0 aliphatic heterocycles. The highest BCUT2D eigenvalue weighted by Gasteiger charge is 2.09. The van der Waals surface area contributed by atoms with E-state index in [0.29, 0.717) is 17.1 Å². The molecular weight excluding hydrogens is 268 g/mol. The Hall–Kier alpha value is -2.82. The maximum atomic E-state index is 9.81. The maximum absolute atomic E-state index is 9.81. The second kappa shape index (κ2) is 7.09. The molecule has 2 rings (SSSR count). The van der Waals surface area contributed by atoms with Gasteiger partial charge in [0.1, 0.15) is 0 Å². The van der Waals surface area contributed by atoms with Gasteiger partial charge in [-0.25, -0.2) is 0 Å². The number of ether oxygens (including phenoxy) is 2. The lowest BCUT2D eigenvalue weighted by Gasteiger charge is -2.08. The van der Waals surface area contributed by atoms with Gasteiger partial charge in [-0.2, -0.15) is 10.2 Å². The van der Waals surface area contributed by atoms with Gasteiger partial charge in [-0.3, -0.25) is 0 Å². The molecule has 108 valence electrons. The summed E-state index contributed by atoms with van der Waals surface area (Å²) in [6.45, 7) is 0. The highest BCUT2D eigenvalue weighted by molar-refractivity contribution is 5.84. The molecular formula is C16H16N2O3. The molecule has 0 heterocycles.